The monoisotopic (exact) mass is 302 g/mol. The van der Waals surface area contributed by atoms with Crippen LogP contribution in [0, 0.1) is 0 Å². The van der Waals surface area contributed by atoms with E-state index in [9.17, 15) is 4.79 Å². The number of piperidine rings is 1. The number of nitrogens with one attached hydrogen (secondary N) is 1. The van der Waals surface area contributed by atoms with Crippen molar-refractivity contribution in [2.75, 3.05) is 26.2 Å². The molecule has 1 aliphatic rings. The molecule has 1 aromatic carbocycles. The molecule has 1 heterocycles. The number of carbonyl (C=O) groups excluding carboxylic acids is 1. The number of ether oxygens (including phenoxy) is 1. The molecule has 5 heteroatoms. The highest BCUT2D eigenvalue weighted by atomic mass is 35.5. The lowest BCUT2D eigenvalue weighted by molar-refractivity contribution is -0.905. The van der Waals surface area contributed by atoms with E-state index in [4.69, 9.17) is 27.9 Å². The van der Waals surface area contributed by atoms with Gasteiger partial charge in [-0.25, -0.2) is 4.79 Å². The van der Waals surface area contributed by atoms with Gasteiger partial charge in [-0.15, -0.1) is 0 Å². The number of hydrogen-bond acceptors (Lipinski definition) is 2. The molecule has 0 aromatic heterocycles. The summed E-state index contributed by atoms with van der Waals surface area (Å²) in [6.45, 7) is 3.67. The smallest absolute Gasteiger partial charge is 0.339 e. The molecule has 104 valence electrons. The summed E-state index contributed by atoms with van der Waals surface area (Å²) in [5, 5.41) is 0.849. The number of esters is 1. The van der Waals surface area contributed by atoms with Crippen LogP contribution >= 0.6 is 23.2 Å². The third-order valence-electron chi connectivity index (χ3n) is 3.40. The Labute approximate surface area is 123 Å². The quantitative estimate of drug-likeness (QED) is 0.865. The molecule has 0 spiro atoms. The summed E-state index contributed by atoms with van der Waals surface area (Å²) in [5.74, 6) is -0.377. The Bertz CT molecular complexity index is 445. The average Bonchev–Trinajstić information content (AvgIpc) is 2.39. The Morgan fingerprint density at radius 1 is 1.21 bits per heavy atom. The summed E-state index contributed by atoms with van der Waals surface area (Å²) >= 11 is 11.7. The minimum atomic E-state index is -0.377. The van der Waals surface area contributed by atoms with Crippen LogP contribution in [0.1, 0.15) is 29.6 Å². The highest BCUT2D eigenvalue weighted by molar-refractivity contribution is 6.36. The molecule has 0 amide bonds. The largest absolute Gasteiger partial charge is 0.456 e. The van der Waals surface area contributed by atoms with Gasteiger partial charge in [0, 0.05) is 5.02 Å². The summed E-state index contributed by atoms with van der Waals surface area (Å²) in [4.78, 5) is 13.4. The minimum Gasteiger partial charge on any atom is -0.456 e. The van der Waals surface area contributed by atoms with Gasteiger partial charge in [0.1, 0.15) is 13.2 Å². The Kier molecular flexibility index (Phi) is 5.49. The molecule has 0 atom stereocenters. The molecule has 0 radical (unpaired) electrons. The van der Waals surface area contributed by atoms with Crippen molar-refractivity contribution in [3.63, 3.8) is 0 Å². The summed E-state index contributed by atoms with van der Waals surface area (Å²) in [7, 11) is 0. The van der Waals surface area contributed by atoms with Crippen LogP contribution in [0.4, 0.5) is 0 Å². The second kappa shape index (κ2) is 7.13. The van der Waals surface area contributed by atoms with E-state index < -0.39 is 0 Å². The van der Waals surface area contributed by atoms with Gasteiger partial charge in [-0.2, -0.15) is 0 Å². The number of likely N-dealkylation sites (tertiary alicyclic amines) is 1. The fraction of sp³-hybridized carbons (Fsp3) is 0.500. The zero-order chi connectivity index (χ0) is 13.7. The summed E-state index contributed by atoms with van der Waals surface area (Å²) in [6.07, 6.45) is 3.86. The molecule has 1 N–H and O–H groups in total. The maximum atomic E-state index is 11.9. The van der Waals surface area contributed by atoms with Crippen LogP contribution in [0.2, 0.25) is 10.0 Å². The van der Waals surface area contributed by atoms with E-state index in [1.807, 2.05) is 0 Å². The highest BCUT2D eigenvalue weighted by Gasteiger charge is 2.16. The molecular weight excluding hydrogens is 285 g/mol. The number of carbonyl (C=O) groups is 1. The zero-order valence-electron chi connectivity index (χ0n) is 10.8. The van der Waals surface area contributed by atoms with E-state index in [1.165, 1.54) is 37.3 Å². The van der Waals surface area contributed by atoms with E-state index in [0.717, 1.165) is 6.54 Å². The Hall–Kier alpha value is -0.770. The van der Waals surface area contributed by atoms with Crippen LogP contribution in [0.3, 0.4) is 0 Å². The van der Waals surface area contributed by atoms with Crippen LogP contribution in [0.5, 0.6) is 0 Å². The van der Waals surface area contributed by atoms with Gasteiger partial charge in [0.25, 0.3) is 0 Å². The van der Waals surface area contributed by atoms with Gasteiger partial charge in [0.2, 0.25) is 0 Å². The average molecular weight is 303 g/mol. The van der Waals surface area contributed by atoms with Crippen molar-refractivity contribution in [2.24, 2.45) is 0 Å². The lowest BCUT2D eigenvalue weighted by Crippen LogP contribution is -3.13. The normalized spacial score (nSPS) is 16.3. The van der Waals surface area contributed by atoms with Gasteiger partial charge in [-0.3, -0.25) is 0 Å². The number of benzene rings is 1. The van der Waals surface area contributed by atoms with Crippen molar-refractivity contribution in [3.05, 3.63) is 33.8 Å². The first-order chi connectivity index (χ1) is 9.16. The van der Waals surface area contributed by atoms with Crippen LogP contribution < -0.4 is 4.90 Å². The topological polar surface area (TPSA) is 30.7 Å². The van der Waals surface area contributed by atoms with Crippen LogP contribution in [0.15, 0.2) is 18.2 Å². The van der Waals surface area contributed by atoms with Crippen LogP contribution in [0.25, 0.3) is 0 Å². The SMILES string of the molecule is O=C(OCC[NH+]1CCCCC1)c1ccc(Cl)cc1Cl. The minimum absolute atomic E-state index is 0.336. The predicted molar refractivity (Wildman–Crippen MR) is 76.2 cm³/mol. The molecular formula is C14H18Cl2NO2+. The maximum Gasteiger partial charge on any atom is 0.339 e. The lowest BCUT2D eigenvalue weighted by Gasteiger charge is -2.23. The number of hydrogen-bond donors (Lipinski definition) is 1. The van der Waals surface area contributed by atoms with Crippen molar-refractivity contribution in [1.29, 1.82) is 0 Å². The van der Waals surface area contributed by atoms with Gasteiger partial charge in [0.15, 0.2) is 0 Å². The van der Waals surface area contributed by atoms with Gasteiger partial charge < -0.3 is 9.64 Å². The van der Waals surface area contributed by atoms with E-state index in [1.54, 1.807) is 18.2 Å². The summed E-state index contributed by atoms with van der Waals surface area (Å²) in [6, 6.07) is 4.79. The predicted octanol–water partition coefficient (Wildman–Crippen LogP) is 2.22. The third kappa shape index (κ3) is 4.37. The Balaban J connectivity index is 1.80. The first kappa shape index (κ1) is 14.6. The standard InChI is InChI=1S/C14H17Cl2NO2/c15-11-4-5-12(13(16)10-11)14(18)19-9-8-17-6-2-1-3-7-17/h4-5,10H,1-3,6-9H2/p+1. The molecule has 1 saturated heterocycles. The van der Waals surface area contributed by atoms with E-state index in [0.29, 0.717) is 22.2 Å². The van der Waals surface area contributed by atoms with Crippen LogP contribution in [-0.4, -0.2) is 32.2 Å². The van der Waals surface area contributed by atoms with Crippen molar-refractivity contribution in [3.8, 4) is 0 Å². The first-order valence-corrected chi connectivity index (χ1v) is 7.38. The number of halogens is 2. The molecule has 0 bridgehead atoms. The molecule has 1 aliphatic heterocycles. The second-order valence-electron chi connectivity index (χ2n) is 4.82. The molecule has 0 unspecified atom stereocenters. The van der Waals surface area contributed by atoms with E-state index in [-0.39, 0.29) is 5.97 Å². The van der Waals surface area contributed by atoms with Crippen molar-refractivity contribution in [2.45, 2.75) is 19.3 Å². The summed E-state index contributed by atoms with van der Waals surface area (Å²) < 4.78 is 5.26. The van der Waals surface area contributed by atoms with Gasteiger partial charge in [-0.05, 0) is 37.5 Å². The van der Waals surface area contributed by atoms with Crippen molar-refractivity contribution >= 4 is 29.2 Å². The molecule has 1 aromatic rings. The zero-order valence-corrected chi connectivity index (χ0v) is 12.3. The van der Waals surface area contributed by atoms with Crippen molar-refractivity contribution < 1.29 is 14.4 Å². The molecule has 2 rings (SSSR count). The second-order valence-corrected chi connectivity index (χ2v) is 5.66. The Morgan fingerprint density at radius 3 is 2.63 bits per heavy atom. The molecule has 0 saturated carbocycles. The van der Waals surface area contributed by atoms with E-state index >= 15 is 0 Å². The van der Waals surface area contributed by atoms with Gasteiger partial charge >= 0.3 is 5.97 Å². The molecule has 1 fully saturated rings. The first-order valence-electron chi connectivity index (χ1n) is 6.62. The number of rotatable bonds is 4. The third-order valence-corrected chi connectivity index (χ3v) is 3.95. The number of quaternary nitrogens is 1. The van der Waals surface area contributed by atoms with Gasteiger partial charge in [0.05, 0.1) is 23.7 Å². The van der Waals surface area contributed by atoms with Crippen molar-refractivity contribution in [1.82, 2.24) is 0 Å². The summed E-state index contributed by atoms with van der Waals surface area (Å²) in [5.41, 5.74) is 0.375. The molecule has 0 aliphatic carbocycles. The lowest BCUT2D eigenvalue weighted by atomic mass is 10.1. The maximum absolute atomic E-state index is 11.9. The molecule has 19 heavy (non-hydrogen) atoms. The Morgan fingerprint density at radius 2 is 1.95 bits per heavy atom. The molecule has 3 nitrogen and oxygen atoms in total. The fourth-order valence-corrected chi connectivity index (χ4v) is 2.81. The van der Waals surface area contributed by atoms with Crippen LogP contribution in [-0.2, 0) is 4.74 Å². The van der Waals surface area contributed by atoms with E-state index in [2.05, 4.69) is 0 Å². The van der Waals surface area contributed by atoms with Gasteiger partial charge in [-0.1, -0.05) is 23.2 Å². The fourth-order valence-electron chi connectivity index (χ4n) is 2.32. The highest BCUT2D eigenvalue weighted by Crippen LogP contribution is 2.21.